The third-order valence-electron chi connectivity index (χ3n) is 3.09. The average molecular weight is 400 g/mol. The van der Waals surface area contributed by atoms with Gasteiger partial charge in [-0.25, -0.2) is 9.98 Å². The van der Waals surface area contributed by atoms with Crippen LogP contribution in [0.15, 0.2) is 33.7 Å². The number of hydrogen-bond acceptors (Lipinski definition) is 3. The van der Waals surface area contributed by atoms with Gasteiger partial charge in [-0.3, -0.25) is 0 Å². The quantitative estimate of drug-likeness (QED) is 0.469. The lowest BCUT2D eigenvalue weighted by molar-refractivity contribution is 0.473. The lowest BCUT2D eigenvalue weighted by Crippen LogP contribution is -2.22. The zero-order chi connectivity index (χ0) is 14.5. The Balaban J connectivity index is 0.00000220. The summed E-state index contributed by atoms with van der Waals surface area (Å²) in [6, 6.07) is 8.11. The lowest BCUT2D eigenvalue weighted by atomic mass is 10.1. The van der Waals surface area contributed by atoms with E-state index < -0.39 is 0 Å². The number of aromatic nitrogens is 1. The number of aliphatic imine (C=N–C) groups is 1. The number of nitrogens with zero attached hydrogens (tertiary/aromatic N) is 2. The van der Waals surface area contributed by atoms with Crippen LogP contribution in [-0.2, 0) is 13.0 Å². The number of nitrogens with two attached hydrogens (primary N) is 1. The van der Waals surface area contributed by atoms with E-state index in [9.17, 15) is 0 Å². The van der Waals surface area contributed by atoms with Crippen LogP contribution in [0.3, 0.4) is 0 Å². The van der Waals surface area contributed by atoms with E-state index in [-0.39, 0.29) is 24.0 Å². The molecule has 0 aliphatic heterocycles. The van der Waals surface area contributed by atoms with Crippen molar-refractivity contribution in [2.24, 2.45) is 10.7 Å². The molecule has 0 fully saturated rings. The van der Waals surface area contributed by atoms with Crippen molar-refractivity contribution in [1.82, 2.24) is 4.98 Å². The van der Waals surface area contributed by atoms with E-state index in [0.29, 0.717) is 18.4 Å². The Labute approximate surface area is 142 Å². The molecular formula is C15H21IN4O. The number of hydrogen-bond donors (Lipinski definition) is 2. The van der Waals surface area contributed by atoms with Crippen molar-refractivity contribution in [3.63, 3.8) is 0 Å². The molecule has 3 N–H and O–H groups in total. The Morgan fingerprint density at radius 3 is 2.48 bits per heavy atom. The van der Waals surface area contributed by atoms with Crippen LogP contribution in [0, 0.1) is 13.8 Å². The predicted molar refractivity (Wildman–Crippen MR) is 96.2 cm³/mol. The molecule has 114 valence electrons. The summed E-state index contributed by atoms with van der Waals surface area (Å²) in [5.74, 6) is 1.74. The van der Waals surface area contributed by atoms with Gasteiger partial charge in [-0.1, -0.05) is 19.1 Å². The second kappa shape index (κ2) is 8.02. The molecule has 0 aliphatic carbocycles. The van der Waals surface area contributed by atoms with Gasteiger partial charge < -0.3 is 15.5 Å². The molecule has 0 atom stereocenters. The number of oxazole rings is 1. The van der Waals surface area contributed by atoms with Crippen molar-refractivity contribution in [3.8, 4) is 0 Å². The topological polar surface area (TPSA) is 76.4 Å². The van der Waals surface area contributed by atoms with Crippen molar-refractivity contribution < 1.29 is 4.42 Å². The normalized spacial score (nSPS) is 11.1. The number of guanidine groups is 1. The minimum absolute atomic E-state index is 0. The Morgan fingerprint density at radius 2 is 1.95 bits per heavy atom. The zero-order valence-electron chi connectivity index (χ0n) is 12.5. The van der Waals surface area contributed by atoms with Gasteiger partial charge in [-0.05, 0) is 38.0 Å². The molecule has 2 aromatic rings. The smallest absolute Gasteiger partial charge is 0.216 e. The zero-order valence-corrected chi connectivity index (χ0v) is 14.8. The van der Waals surface area contributed by atoms with Gasteiger partial charge in [-0.2, -0.15) is 0 Å². The van der Waals surface area contributed by atoms with Crippen molar-refractivity contribution in [3.05, 3.63) is 47.2 Å². The molecule has 0 saturated heterocycles. The largest absolute Gasteiger partial charge is 0.444 e. The predicted octanol–water partition coefficient (Wildman–Crippen LogP) is 3.40. The molecule has 0 saturated carbocycles. The molecule has 5 nitrogen and oxygen atoms in total. The molecule has 0 radical (unpaired) electrons. The maximum absolute atomic E-state index is 5.84. The second-order valence-corrected chi connectivity index (χ2v) is 4.63. The van der Waals surface area contributed by atoms with E-state index in [0.717, 1.165) is 23.6 Å². The molecule has 0 unspecified atom stereocenters. The summed E-state index contributed by atoms with van der Waals surface area (Å²) in [6.45, 7) is 6.24. The molecule has 2 rings (SSSR count). The fraction of sp³-hybridized carbons (Fsp3) is 0.333. The average Bonchev–Trinajstić information content (AvgIpc) is 2.76. The highest BCUT2D eigenvalue weighted by molar-refractivity contribution is 14.0. The van der Waals surface area contributed by atoms with Crippen LogP contribution < -0.4 is 11.1 Å². The number of rotatable bonds is 4. The van der Waals surface area contributed by atoms with Crippen molar-refractivity contribution in [2.45, 2.75) is 33.7 Å². The fourth-order valence-corrected chi connectivity index (χ4v) is 1.77. The fourth-order valence-electron chi connectivity index (χ4n) is 1.77. The van der Waals surface area contributed by atoms with Crippen molar-refractivity contribution in [2.75, 3.05) is 5.32 Å². The monoisotopic (exact) mass is 400 g/mol. The minimum Gasteiger partial charge on any atom is -0.444 e. The summed E-state index contributed by atoms with van der Waals surface area (Å²) < 4.78 is 5.44. The second-order valence-electron chi connectivity index (χ2n) is 4.63. The summed E-state index contributed by atoms with van der Waals surface area (Å²) in [5.41, 5.74) is 8.93. The highest BCUT2D eigenvalue weighted by Crippen LogP contribution is 2.11. The van der Waals surface area contributed by atoms with Crippen LogP contribution in [0.25, 0.3) is 0 Å². The van der Waals surface area contributed by atoms with E-state index in [1.807, 2.05) is 26.0 Å². The number of anilines is 1. The van der Waals surface area contributed by atoms with Gasteiger partial charge in [0.25, 0.3) is 0 Å². The van der Waals surface area contributed by atoms with Crippen molar-refractivity contribution >= 4 is 35.6 Å². The van der Waals surface area contributed by atoms with E-state index >= 15 is 0 Å². The Morgan fingerprint density at radius 1 is 1.29 bits per heavy atom. The van der Waals surface area contributed by atoms with Crippen LogP contribution in [0.1, 0.15) is 29.8 Å². The molecule has 0 spiro atoms. The molecule has 6 heteroatoms. The summed E-state index contributed by atoms with van der Waals surface area (Å²) in [5, 5.41) is 3.04. The number of nitrogens with one attached hydrogen (secondary N) is 1. The van der Waals surface area contributed by atoms with Crippen molar-refractivity contribution in [1.29, 1.82) is 0 Å². The minimum atomic E-state index is 0. The molecular weight excluding hydrogens is 379 g/mol. The van der Waals surface area contributed by atoms with Crippen LogP contribution in [0.4, 0.5) is 5.69 Å². The highest BCUT2D eigenvalue weighted by Gasteiger charge is 2.04. The number of halogens is 1. The standard InChI is InChI=1S/C15H20N4O.HI/c1-4-12-5-7-13(8-6-12)19-15(16)17-9-14-18-10(2)11(3)20-14;/h5-8H,4,9H2,1-3H3,(H3,16,17,19);1H. The summed E-state index contributed by atoms with van der Waals surface area (Å²) >= 11 is 0. The first-order valence-electron chi connectivity index (χ1n) is 6.67. The van der Waals surface area contributed by atoms with Crippen LogP contribution in [0.5, 0.6) is 0 Å². The van der Waals surface area contributed by atoms with Gasteiger partial charge in [0.15, 0.2) is 5.96 Å². The Bertz CT molecular complexity index is 585. The molecule has 0 aliphatic rings. The molecule has 1 heterocycles. The van der Waals surface area contributed by atoms with E-state index in [1.54, 1.807) is 0 Å². The maximum atomic E-state index is 5.84. The Kier molecular flexibility index (Phi) is 6.67. The molecule has 0 bridgehead atoms. The van der Waals surface area contributed by atoms with Gasteiger partial charge in [0.1, 0.15) is 12.3 Å². The molecule has 1 aromatic carbocycles. The lowest BCUT2D eigenvalue weighted by Gasteiger charge is -2.05. The summed E-state index contributed by atoms with van der Waals surface area (Å²) in [7, 11) is 0. The van der Waals surface area contributed by atoms with Gasteiger partial charge in [0, 0.05) is 5.69 Å². The third kappa shape index (κ3) is 5.04. The van der Waals surface area contributed by atoms with Crippen LogP contribution in [-0.4, -0.2) is 10.9 Å². The summed E-state index contributed by atoms with van der Waals surface area (Å²) in [6.07, 6.45) is 1.02. The van der Waals surface area contributed by atoms with E-state index in [1.165, 1.54) is 5.56 Å². The van der Waals surface area contributed by atoms with Gasteiger partial charge in [0.2, 0.25) is 5.89 Å². The first-order valence-corrected chi connectivity index (χ1v) is 6.67. The molecule has 1 aromatic heterocycles. The summed E-state index contributed by atoms with van der Waals surface area (Å²) in [4.78, 5) is 8.47. The van der Waals surface area contributed by atoms with E-state index in [2.05, 4.69) is 34.3 Å². The highest BCUT2D eigenvalue weighted by atomic mass is 127. The van der Waals surface area contributed by atoms with Gasteiger partial charge in [-0.15, -0.1) is 24.0 Å². The third-order valence-corrected chi connectivity index (χ3v) is 3.09. The molecule has 21 heavy (non-hydrogen) atoms. The molecule has 0 amide bonds. The number of benzene rings is 1. The maximum Gasteiger partial charge on any atom is 0.216 e. The number of aryl methyl sites for hydroxylation is 3. The van der Waals surface area contributed by atoms with Crippen LogP contribution in [0.2, 0.25) is 0 Å². The van der Waals surface area contributed by atoms with E-state index in [4.69, 9.17) is 10.2 Å². The SMILES string of the molecule is CCc1ccc(NC(N)=NCc2nc(C)c(C)o2)cc1.I. The first kappa shape index (κ1) is 17.5. The Hall–Kier alpha value is -1.57. The van der Waals surface area contributed by atoms with Crippen LogP contribution >= 0.6 is 24.0 Å². The van der Waals surface area contributed by atoms with Gasteiger partial charge in [0.05, 0.1) is 5.69 Å². The first-order chi connectivity index (χ1) is 9.58. The van der Waals surface area contributed by atoms with Gasteiger partial charge >= 0.3 is 0 Å².